The van der Waals surface area contributed by atoms with Gasteiger partial charge in [-0.05, 0) is 42.5 Å². The first-order chi connectivity index (χ1) is 10.2. The molecule has 112 valence electrons. The summed E-state index contributed by atoms with van der Waals surface area (Å²) in [7, 11) is 0. The lowest BCUT2D eigenvalue weighted by Crippen LogP contribution is -2.31. The van der Waals surface area contributed by atoms with Gasteiger partial charge in [-0.1, -0.05) is 30.5 Å². The van der Waals surface area contributed by atoms with Crippen molar-refractivity contribution in [3.8, 4) is 0 Å². The van der Waals surface area contributed by atoms with Gasteiger partial charge in [-0.3, -0.25) is 4.98 Å². The molecule has 1 fully saturated rings. The molecule has 0 spiro atoms. The first kappa shape index (κ1) is 14.8. The van der Waals surface area contributed by atoms with E-state index in [1.807, 2.05) is 24.3 Å². The molecule has 0 aliphatic heterocycles. The van der Waals surface area contributed by atoms with Crippen LogP contribution < -0.4 is 5.32 Å². The van der Waals surface area contributed by atoms with Crippen molar-refractivity contribution < 1.29 is 5.11 Å². The second kappa shape index (κ2) is 6.73. The fourth-order valence-electron chi connectivity index (χ4n) is 3.23. The zero-order chi connectivity index (χ0) is 14.7. The Labute approximate surface area is 130 Å². The van der Waals surface area contributed by atoms with Gasteiger partial charge in [-0.2, -0.15) is 0 Å². The summed E-state index contributed by atoms with van der Waals surface area (Å²) < 4.78 is 0. The third kappa shape index (κ3) is 3.54. The first-order valence-electron chi connectivity index (χ1n) is 7.66. The molecule has 4 heteroatoms. The molecule has 3 rings (SSSR count). The number of pyridine rings is 1. The van der Waals surface area contributed by atoms with Gasteiger partial charge in [0.2, 0.25) is 0 Å². The molecule has 1 heterocycles. The molecule has 1 atom stereocenters. The molecule has 0 amide bonds. The molecule has 2 N–H and O–H groups in total. The van der Waals surface area contributed by atoms with Gasteiger partial charge in [-0.15, -0.1) is 0 Å². The number of aromatic nitrogens is 1. The number of fused-ring (bicyclic) bond motifs is 1. The van der Waals surface area contributed by atoms with Crippen molar-refractivity contribution in [1.82, 2.24) is 10.3 Å². The first-order valence-corrected chi connectivity index (χ1v) is 8.04. The number of aliphatic hydroxyl groups excluding tert-OH is 1. The van der Waals surface area contributed by atoms with E-state index in [1.165, 1.54) is 12.8 Å². The van der Waals surface area contributed by atoms with Gasteiger partial charge in [0.1, 0.15) is 0 Å². The number of benzene rings is 1. The zero-order valence-corrected chi connectivity index (χ0v) is 12.8. The molecule has 1 aromatic carbocycles. The van der Waals surface area contributed by atoms with Gasteiger partial charge in [-0.25, -0.2) is 0 Å². The highest BCUT2D eigenvalue weighted by atomic mass is 35.5. The number of hydrogen-bond donors (Lipinski definition) is 2. The Hall–Kier alpha value is -1.16. The zero-order valence-electron chi connectivity index (χ0n) is 12.1. The summed E-state index contributed by atoms with van der Waals surface area (Å²) >= 11 is 6.16. The predicted octanol–water partition coefficient (Wildman–Crippen LogP) is 3.53. The van der Waals surface area contributed by atoms with Crippen molar-refractivity contribution in [2.75, 3.05) is 6.54 Å². The largest absolute Gasteiger partial charge is 0.392 e. The second-order valence-corrected chi connectivity index (χ2v) is 6.32. The van der Waals surface area contributed by atoms with Crippen LogP contribution in [0.25, 0.3) is 10.9 Å². The molecule has 2 aromatic rings. The van der Waals surface area contributed by atoms with Crippen LogP contribution in [0.15, 0.2) is 30.5 Å². The highest BCUT2D eigenvalue weighted by Crippen LogP contribution is 2.27. The number of nitrogens with one attached hydrogen (secondary N) is 1. The lowest BCUT2D eigenvalue weighted by Gasteiger charge is -2.18. The molecule has 1 saturated carbocycles. The van der Waals surface area contributed by atoms with Crippen molar-refractivity contribution in [3.05, 3.63) is 41.0 Å². The molecular formula is C17H21ClN2O. The molecule has 1 aliphatic rings. The Kier molecular flexibility index (Phi) is 4.73. The van der Waals surface area contributed by atoms with E-state index in [-0.39, 0.29) is 6.10 Å². The van der Waals surface area contributed by atoms with E-state index in [1.54, 1.807) is 6.20 Å². The molecular weight excluding hydrogens is 284 g/mol. The van der Waals surface area contributed by atoms with Crippen molar-refractivity contribution in [1.29, 1.82) is 0 Å². The second-order valence-electron chi connectivity index (χ2n) is 5.88. The molecule has 0 saturated heterocycles. The summed E-state index contributed by atoms with van der Waals surface area (Å²) in [5.41, 5.74) is 2.06. The van der Waals surface area contributed by atoms with Crippen molar-refractivity contribution in [2.24, 2.45) is 5.92 Å². The van der Waals surface area contributed by atoms with Crippen LogP contribution in [0.1, 0.15) is 31.2 Å². The molecule has 21 heavy (non-hydrogen) atoms. The van der Waals surface area contributed by atoms with E-state index >= 15 is 0 Å². The van der Waals surface area contributed by atoms with Gasteiger partial charge in [0.25, 0.3) is 0 Å². The highest BCUT2D eigenvalue weighted by molar-refractivity contribution is 6.31. The van der Waals surface area contributed by atoms with Crippen molar-refractivity contribution in [3.63, 3.8) is 0 Å². The van der Waals surface area contributed by atoms with Crippen LogP contribution in [0.4, 0.5) is 0 Å². The Bertz CT molecular complexity index is 611. The number of rotatable bonds is 5. The summed E-state index contributed by atoms with van der Waals surface area (Å²) in [4.78, 5) is 4.44. The fourth-order valence-corrected chi connectivity index (χ4v) is 3.48. The predicted molar refractivity (Wildman–Crippen MR) is 86.4 cm³/mol. The maximum atomic E-state index is 10.2. The third-order valence-corrected chi connectivity index (χ3v) is 4.58. The van der Waals surface area contributed by atoms with E-state index in [0.717, 1.165) is 34.3 Å². The Morgan fingerprint density at radius 1 is 1.33 bits per heavy atom. The number of halogens is 1. The number of aliphatic hydroxyl groups is 1. The summed E-state index contributed by atoms with van der Waals surface area (Å²) in [5, 5.41) is 15.3. The minimum atomic E-state index is -0.245. The van der Waals surface area contributed by atoms with Gasteiger partial charge in [0, 0.05) is 29.7 Å². The van der Waals surface area contributed by atoms with Gasteiger partial charge in [0.05, 0.1) is 11.6 Å². The van der Waals surface area contributed by atoms with Crippen LogP contribution >= 0.6 is 11.6 Å². The lowest BCUT2D eigenvalue weighted by molar-refractivity contribution is 0.109. The average Bonchev–Trinajstić information content (AvgIpc) is 3.01. The third-order valence-electron chi connectivity index (χ3n) is 4.36. The van der Waals surface area contributed by atoms with E-state index < -0.39 is 0 Å². The maximum Gasteiger partial charge on any atom is 0.0747 e. The van der Waals surface area contributed by atoms with Crippen LogP contribution in [0.2, 0.25) is 5.02 Å². The number of nitrogens with zero attached hydrogens (tertiary/aromatic N) is 1. The SMILES string of the molecule is OC(CNCc1cc(Cl)cc2cccnc12)C1CCCC1. The van der Waals surface area contributed by atoms with Crippen LogP contribution in [0.5, 0.6) is 0 Å². The highest BCUT2D eigenvalue weighted by Gasteiger charge is 2.22. The van der Waals surface area contributed by atoms with Gasteiger partial charge >= 0.3 is 0 Å². The molecule has 0 radical (unpaired) electrons. The number of hydrogen-bond acceptors (Lipinski definition) is 3. The summed E-state index contributed by atoms with van der Waals surface area (Å²) in [6, 6.07) is 7.82. The van der Waals surface area contributed by atoms with E-state index in [4.69, 9.17) is 11.6 Å². The molecule has 3 nitrogen and oxygen atoms in total. The van der Waals surface area contributed by atoms with Crippen LogP contribution in [0.3, 0.4) is 0 Å². The normalized spacial score (nSPS) is 17.4. The lowest BCUT2D eigenvalue weighted by atomic mass is 10.0. The van der Waals surface area contributed by atoms with Crippen LogP contribution in [0, 0.1) is 5.92 Å². The Balaban J connectivity index is 1.65. The summed E-state index contributed by atoms with van der Waals surface area (Å²) in [5.74, 6) is 0.465. The maximum absolute atomic E-state index is 10.2. The van der Waals surface area contributed by atoms with Gasteiger partial charge in [0.15, 0.2) is 0 Å². The topological polar surface area (TPSA) is 45.1 Å². The average molecular weight is 305 g/mol. The summed E-state index contributed by atoms with van der Waals surface area (Å²) in [6.45, 7) is 1.31. The molecule has 1 unspecified atom stereocenters. The van der Waals surface area contributed by atoms with E-state index in [0.29, 0.717) is 19.0 Å². The standard InChI is InChI=1S/C17H21ClN2O/c18-15-8-13-6-3-7-20-17(13)14(9-15)10-19-11-16(21)12-4-1-2-5-12/h3,6-9,12,16,19,21H,1-2,4-5,10-11H2. The summed E-state index contributed by atoms with van der Waals surface area (Å²) in [6.07, 6.45) is 6.38. The van der Waals surface area contributed by atoms with Crippen LogP contribution in [-0.4, -0.2) is 22.7 Å². The minimum Gasteiger partial charge on any atom is -0.392 e. The molecule has 1 aromatic heterocycles. The van der Waals surface area contributed by atoms with Gasteiger partial charge < -0.3 is 10.4 Å². The Morgan fingerprint density at radius 2 is 2.14 bits per heavy atom. The monoisotopic (exact) mass is 304 g/mol. The van der Waals surface area contributed by atoms with Crippen molar-refractivity contribution in [2.45, 2.75) is 38.3 Å². The smallest absolute Gasteiger partial charge is 0.0747 e. The van der Waals surface area contributed by atoms with E-state index in [9.17, 15) is 5.11 Å². The molecule has 1 aliphatic carbocycles. The fraction of sp³-hybridized carbons (Fsp3) is 0.471. The Morgan fingerprint density at radius 3 is 2.95 bits per heavy atom. The minimum absolute atomic E-state index is 0.245. The van der Waals surface area contributed by atoms with Crippen molar-refractivity contribution >= 4 is 22.5 Å². The quantitative estimate of drug-likeness (QED) is 0.888. The van der Waals surface area contributed by atoms with E-state index in [2.05, 4.69) is 10.3 Å². The van der Waals surface area contributed by atoms with Crippen LogP contribution in [-0.2, 0) is 6.54 Å². The molecule has 0 bridgehead atoms.